The normalized spacial score (nSPS) is 11.3. The monoisotopic (exact) mass is 550 g/mol. The summed E-state index contributed by atoms with van der Waals surface area (Å²) in [4.78, 5) is 23.5. The standard InChI is InChI=1S/C35H66O4/c1-3-5-7-9-11-13-15-16-17-18-19-20-21-22-23-24-26-28-30-32-34(36)39-35(37)38-33-31-29-27-25-14-12-10-8-6-4-2/h16-17H,3-15,18-33H2,1-2H3. The average molecular weight is 551 g/mol. The number of ether oxygens (including phenoxy) is 2. The maximum Gasteiger partial charge on any atom is 0.516 e. The fraction of sp³-hybridized carbons (Fsp3) is 0.886. The number of allylic oxidation sites excluding steroid dienone is 2. The van der Waals surface area contributed by atoms with E-state index < -0.39 is 12.1 Å². The summed E-state index contributed by atoms with van der Waals surface area (Å²) in [6, 6.07) is 0. The van der Waals surface area contributed by atoms with Crippen molar-refractivity contribution in [3.8, 4) is 0 Å². The summed E-state index contributed by atoms with van der Waals surface area (Å²) < 4.78 is 9.82. The first-order chi connectivity index (χ1) is 19.2. The number of carbonyl (C=O) groups excluding carboxylic acids is 2. The smallest absolute Gasteiger partial charge is 0.434 e. The van der Waals surface area contributed by atoms with Crippen LogP contribution in [0.15, 0.2) is 12.2 Å². The Hall–Kier alpha value is -1.32. The lowest BCUT2D eigenvalue weighted by Crippen LogP contribution is -2.14. The lowest BCUT2D eigenvalue weighted by molar-refractivity contribution is -0.139. The second kappa shape index (κ2) is 32.9. The van der Waals surface area contributed by atoms with E-state index >= 15 is 0 Å². The highest BCUT2D eigenvalue weighted by Gasteiger charge is 2.11. The van der Waals surface area contributed by atoms with Crippen molar-refractivity contribution in [2.45, 2.75) is 194 Å². The van der Waals surface area contributed by atoms with Crippen LogP contribution in [0.1, 0.15) is 194 Å². The molecule has 4 nitrogen and oxygen atoms in total. The van der Waals surface area contributed by atoms with Gasteiger partial charge in [0, 0.05) is 6.42 Å². The molecule has 230 valence electrons. The molecule has 0 aromatic heterocycles. The third-order valence-electron chi connectivity index (χ3n) is 7.56. The molecule has 0 heterocycles. The predicted molar refractivity (Wildman–Crippen MR) is 167 cm³/mol. The van der Waals surface area contributed by atoms with Gasteiger partial charge < -0.3 is 9.47 Å². The minimum absolute atomic E-state index is 0.305. The second-order valence-corrected chi connectivity index (χ2v) is 11.5. The number of rotatable bonds is 30. The maximum absolute atomic E-state index is 11.8. The van der Waals surface area contributed by atoms with Gasteiger partial charge in [0.2, 0.25) is 0 Å². The quantitative estimate of drug-likeness (QED) is 0.0386. The second-order valence-electron chi connectivity index (χ2n) is 11.5. The zero-order chi connectivity index (χ0) is 28.5. The van der Waals surface area contributed by atoms with Crippen molar-refractivity contribution in [2.24, 2.45) is 0 Å². The molecule has 0 bridgehead atoms. The SMILES string of the molecule is CCCCCCCCC=CCCCCCCCCCCCC(=O)OC(=O)OCCCCCCCCCCCC. The Morgan fingerprint density at radius 2 is 0.821 bits per heavy atom. The van der Waals surface area contributed by atoms with Gasteiger partial charge in [-0.1, -0.05) is 161 Å². The Kier molecular flexibility index (Phi) is 31.8. The molecular weight excluding hydrogens is 484 g/mol. The van der Waals surface area contributed by atoms with Crippen LogP contribution < -0.4 is 0 Å². The Bertz CT molecular complexity index is 543. The van der Waals surface area contributed by atoms with E-state index in [1.54, 1.807) is 0 Å². The van der Waals surface area contributed by atoms with E-state index in [1.165, 1.54) is 141 Å². The highest BCUT2D eigenvalue weighted by molar-refractivity contribution is 5.81. The van der Waals surface area contributed by atoms with Crippen LogP contribution in [0.25, 0.3) is 0 Å². The minimum atomic E-state index is -0.829. The van der Waals surface area contributed by atoms with Gasteiger partial charge in [-0.2, -0.15) is 0 Å². The summed E-state index contributed by atoms with van der Waals surface area (Å²) in [7, 11) is 0. The van der Waals surface area contributed by atoms with Crippen LogP contribution in [0.5, 0.6) is 0 Å². The molecule has 0 rings (SSSR count). The molecule has 0 aromatic rings. The lowest BCUT2D eigenvalue weighted by atomic mass is 10.1. The molecule has 0 aliphatic carbocycles. The van der Waals surface area contributed by atoms with Crippen molar-refractivity contribution in [1.82, 2.24) is 0 Å². The molecule has 0 aromatic carbocycles. The number of esters is 1. The van der Waals surface area contributed by atoms with Gasteiger partial charge in [0.25, 0.3) is 0 Å². The van der Waals surface area contributed by atoms with Gasteiger partial charge in [-0.05, 0) is 38.5 Å². The van der Waals surface area contributed by atoms with E-state index in [1.807, 2.05) is 0 Å². The predicted octanol–water partition coefficient (Wildman–Crippen LogP) is 12.2. The lowest BCUT2D eigenvalue weighted by Gasteiger charge is -2.06. The molecule has 0 saturated heterocycles. The van der Waals surface area contributed by atoms with Crippen molar-refractivity contribution in [3.63, 3.8) is 0 Å². The van der Waals surface area contributed by atoms with Crippen molar-refractivity contribution >= 4 is 12.1 Å². The molecule has 0 unspecified atom stereocenters. The highest BCUT2D eigenvalue weighted by Crippen LogP contribution is 2.13. The highest BCUT2D eigenvalue weighted by atomic mass is 16.7. The topological polar surface area (TPSA) is 52.6 Å². The molecule has 0 spiro atoms. The molecule has 0 aliphatic heterocycles. The molecule has 0 aliphatic rings. The number of unbranched alkanes of at least 4 members (excludes halogenated alkanes) is 24. The van der Waals surface area contributed by atoms with Gasteiger partial charge in [-0.25, -0.2) is 4.79 Å². The molecule has 0 atom stereocenters. The third kappa shape index (κ3) is 32.8. The van der Waals surface area contributed by atoms with Crippen LogP contribution in [-0.2, 0) is 14.3 Å². The maximum atomic E-state index is 11.8. The molecule has 0 fully saturated rings. The van der Waals surface area contributed by atoms with Gasteiger partial charge in [0.15, 0.2) is 0 Å². The van der Waals surface area contributed by atoms with Crippen LogP contribution in [0.3, 0.4) is 0 Å². The van der Waals surface area contributed by atoms with Gasteiger partial charge in [-0.3, -0.25) is 4.79 Å². The van der Waals surface area contributed by atoms with E-state index in [2.05, 4.69) is 26.0 Å². The van der Waals surface area contributed by atoms with E-state index in [-0.39, 0.29) is 0 Å². The van der Waals surface area contributed by atoms with E-state index in [9.17, 15) is 9.59 Å². The summed E-state index contributed by atoms with van der Waals surface area (Å²) in [6.45, 7) is 4.86. The van der Waals surface area contributed by atoms with Crippen LogP contribution in [0.4, 0.5) is 4.79 Å². The molecule has 0 N–H and O–H groups in total. The Morgan fingerprint density at radius 1 is 0.462 bits per heavy atom. The Labute approximate surface area is 243 Å². The van der Waals surface area contributed by atoms with Gasteiger partial charge in [0.1, 0.15) is 0 Å². The summed E-state index contributed by atoms with van der Waals surface area (Å²) in [5.74, 6) is -0.455. The van der Waals surface area contributed by atoms with Gasteiger partial charge >= 0.3 is 12.1 Å². The first kappa shape index (κ1) is 37.7. The van der Waals surface area contributed by atoms with Crippen LogP contribution in [-0.4, -0.2) is 18.7 Å². The van der Waals surface area contributed by atoms with Crippen molar-refractivity contribution < 1.29 is 19.1 Å². The molecule has 0 saturated carbocycles. The zero-order valence-electron chi connectivity index (χ0n) is 26.3. The average Bonchev–Trinajstić information content (AvgIpc) is 2.93. The summed E-state index contributed by atoms with van der Waals surface area (Å²) in [6.07, 6.45) is 38.2. The first-order valence-electron chi connectivity index (χ1n) is 17.2. The Balaban J connectivity index is 3.30. The largest absolute Gasteiger partial charge is 0.516 e. The summed E-state index contributed by atoms with van der Waals surface area (Å²) in [5, 5.41) is 0. The molecule has 0 radical (unpaired) electrons. The van der Waals surface area contributed by atoms with Crippen molar-refractivity contribution in [3.05, 3.63) is 12.2 Å². The van der Waals surface area contributed by atoms with Gasteiger partial charge in [0.05, 0.1) is 6.61 Å². The van der Waals surface area contributed by atoms with Crippen LogP contribution >= 0.6 is 0 Å². The van der Waals surface area contributed by atoms with Crippen molar-refractivity contribution in [1.29, 1.82) is 0 Å². The van der Waals surface area contributed by atoms with E-state index in [0.29, 0.717) is 13.0 Å². The van der Waals surface area contributed by atoms with E-state index in [4.69, 9.17) is 9.47 Å². The summed E-state index contributed by atoms with van der Waals surface area (Å²) >= 11 is 0. The fourth-order valence-corrected chi connectivity index (χ4v) is 4.97. The van der Waals surface area contributed by atoms with Crippen molar-refractivity contribution in [2.75, 3.05) is 6.61 Å². The fourth-order valence-electron chi connectivity index (χ4n) is 4.97. The number of hydrogen-bond acceptors (Lipinski definition) is 4. The summed E-state index contributed by atoms with van der Waals surface area (Å²) in [5.41, 5.74) is 0. The van der Waals surface area contributed by atoms with Gasteiger partial charge in [-0.15, -0.1) is 0 Å². The molecule has 39 heavy (non-hydrogen) atoms. The molecule has 0 amide bonds. The number of carbonyl (C=O) groups is 2. The zero-order valence-corrected chi connectivity index (χ0v) is 26.3. The molecule has 4 heteroatoms. The van der Waals surface area contributed by atoms with Crippen LogP contribution in [0.2, 0.25) is 0 Å². The van der Waals surface area contributed by atoms with Crippen LogP contribution in [0, 0.1) is 0 Å². The third-order valence-corrected chi connectivity index (χ3v) is 7.56. The Morgan fingerprint density at radius 3 is 1.26 bits per heavy atom. The number of hydrogen-bond donors (Lipinski definition) is 0. The van der Waals surface area contributed by atoms with E-state index in [0.717, 1.165) is 32.1 Å². The first-order valence-corrected chi connectivity index (χ1v) is 17.2. The minimum Gasteiger partial charge on any atom is -0.434 e. The molecular formula is C35H66O4.